The molecule has 0 aliphatic carbocycles. The lowest BCUT2D eigenvalue weighted by Gasteiger charge is -2.24. The summed E-state index contributed by atoms with van der Waals surface area (Å²) in [6.45, 7) is 5.48. The summed E-state index contributed by atoms with van der Waals surface area (Å²) in [6, 6.07) is 15.5. The van der Waals surface area contributed by atoms with Crippen LogP contribution in [0.1, 0.15) is 44.7 Å². The van der Waals surface area contributed by atoms with Gasteiger partial charge in [0.05, 0.1) is 0 Å². The Morgan fingerprint density at radius 3 is 2.15 bits per heavy atom. The molecule has 2 aromatic rings. The number of carbonyl (C=O) groups is 4. The van der Waals surface area contributed by atoms with Crippen molar-refractivity contribution in [1.29, 1.82) is 0 Å². The average molecular weight is 469 g/mol. The van der Waals surface area contributed by atoms with Gasteiger partial charge in [0, 0.05) is 19.3 Å². The number of hydroxylamine groups is 2. The second kappa shape index (κ2) is 10.8. The maximum absolute atomic E-state index is 12.8. The van der Waals surface area contributed by atoms with Crippen LogP contribution in [0.3, 0.4) is 0 Å². The highest BCUT2D eigenvalue weighted by Crippen LogP contribution is 2.18. The number of nitrogens with zero attached hydrogens (tertiary/aromatic N) is 1. The highest BCUT2D eigenvalue weighted by molar-refractivity contribution is 6.01. The number of hydrogen-bond acceptors (Lipinski definition) is 7. The maximum atomic E-state index is 12.8. The van der Waals surface area contributed by atoms with Gasteiger partial charge in [-0.05, 0) is 44.0 Å². The molecule has 0 aromatic heterocycles. The summed E-state index contributed by atoms with van der Waals surface area (Å²) in [6.07, 6.45) is -0.828. The van der Waals surface area contributed by atoms with Gasteiger partial charge in [0.15, 0.2) is 0 Å². The van der Waals surface area contributed by atoms with Gasteiger partial charge in [-0.2, -0.15) is 0 Å². The molecule has 1 aliphatic rings. The third kappa shape index (κ3) is 7.33. The number of amides is 3. The summed E-state index contributed by atoms with van der Waals surface area (Å²) in [5.74, 6) is -1.51. The van der Waals surface area contributed by atoms with E-state index in [0.29, 0.717) is 23.0 Å². The number of alkyl carbamates (subject to hydrolysis) is 1. The lowest BCUT2D eigenvalue weighted by Crippen LogP contribution is -2.48. The van der Waals surface area contributed by atoms with E-state index in [0.717, 1.165) is 5.56 Å². The molecule has 180 valence electrons. The van der Waals surface area contributed by atoms with Crippen LogP contribution in [-0.4, -0.2) is 40.6 Å². The topological polar surface area (TPSA) is 111 Å². The molecule has 1 fully saturated rings. The number of rotatable bonds is 8. The average Bonchev–Trinajstić information content (AvgIpc) is 3.09. The Kier molecular flexibility index (Phi) is 7.88. The molecule has 9 heteroatoms. The van der Waals surface area contributed by atoms with E-state index < -0.39 is 35.5 Å². The van der Waals surface area contributed by atoms with Gasteiger partial charge in [0.25, 0.3) is 11.8 Å². The molecule has 1 N–H and O–H groups in total. The Balaban J connectivity index is 1.67. The summed E-state index contributed by atoms with van der Waals surface area (Å²) < 4.78 is 11.0. The lowest BCUT2D eigenvalue weighted by atomic mass is 10.1. The standard InChI is InChI=1S/C25H28N2O7/c1-25(2,3)33-24(31)26-20(23(30)34-27-21(28)13-14-22(27)29)15-17-9-11-19(12-10-17)32-16-18-7-5-4-6-8-18/h4-12,20H,13-16H2,1-3H3,(H,26,31)/t20-/m0/s1. The molecule has 3 rings (SSSR count). The van der Waals surface area contributed by atoms with Crippen LogP contribution < -0.4 is 10.1 Å². The van der Waals surface area contributed by atoms with E-state index in [4.69, 9.17) is 14.3 Å². The minimum Gasteiger partial charge on any atom is -0.489 e. The second-order valence-corrected chi connectivity index (χ2v) is 8.81. The smallest absolute Gasteiger partial charge is 0.408 e. The predicted molar refractivity (Wildman–Crippen MR) is 121 cm³/mol. The van der Waals surface area contributed by atoms with Crippen LogP contribution in [0.2, 0.25) is 0 Å². The van der Waals surface area contributed by atoms with E-state index in [-0.39, 0.29) is 19.3 Å². The van der Waals surface area contributed by atoms with Crippen molar-refractivity contribution in [2.24, 2.45) is 0 Å². The van der Waals surface area contributed by atoms with Crippen molar-refractivity contribution in [2.75, 3.05) is 0 Å². The Morgan fingerprint density at radius 1 is 0.941 bits per heavy atom. The van der Waals surface area contributed by atoms with Gasteiger partial charge in [-0.1, -0.05) is 42.5 Å². The first-order valence-electron chi connectivity index (χ1n) is 10.9. The summed E-state index contributed by atoms with van der Waals surface area (Å²) in [7, 11) is 0. The van der Waals surface area contributed by atoms with Gasteiger partial charge in [-0.15, -0.1) is 5.06 Å². The van der Waals surface area contributed by atoms with E-state index in [9.17, 15) is 19.2 Å². The normalized spacial score (nSPS) is 14.5. The van der Waals surface area contributed by atoms with Gasteiger partial charge < -0.3 is 19.6 Å². The molecule has 1 atom stereocenters. The van der Waals surface area contributed by atoms with E-state index in [1.807, 2.05) is 30.3 Å². The quantitative estimate of drug-likeness (QED) is 0.592. The van der Waals surface area contributed by atoms with Crippen LogP contribution in [0.15, 0.2) is 54.6 Å². The van der Waals surface area contributed by atoms with Crippen LogP contribution >= 0.6 is 0 Å². The van der Waals surface area contributed by atoms with E-state index in [1.165, 1.54) is 0 Å². The number of nitrogens with one attached hydrogen (secondary N) is 1. The maximum Gasteiger partial charge on any atom is 0.408 e. The summed E-state index contributed by atoms with van der Waals surface area (Å²) >= 11 is 0. The van der Waals surface area contributed by atoms with Gasteiger partial charge in [-0.25, -0.2) is 9.59 Å². The van der Waals surface area contributed by atoms with Crippen molar-refractivity contribution in [2.45, 2.75) is 58.3 Å². The van der Waals surface area contributed by atoms with Gasteiger partial charge in [-0.3, -0.25) is 9.59 Å². The Hall–Kier alpha value is -3.88. The number of imide groups is 1. The Bertz CT molecular complexity index is 1010. The molecular formula is C25H28N2O7. The molecule has 0 saturated carbocycles. The molecule has 0 bridgehead atoms. The van der Waals surface area contributed by atoms with Crippen molar-refractivity contribution < 1.29 is 33.5 Å². The first-order chi connectivity index (χ1) is 16.1. The van der Waals surface area contributed by atoms with Crippen LogP contribution in [0, 0.1) is 0 Å². The molecule has 0 radical (unpaired) electrons. The Morgan fingerprint density at radius 2 is 1.56 bits per heavy atom. The number of benzene rings is 2. The molecule has 2 aromatic carbocycles. The van der Waals surface area contributed by atoms with Crippen molar-refractivity contribution >= 4 is 23.9 Å². The van der Waals surface area contributed by atoms with Gasteiger partial charge in [0.2, 0.25) is 0 Å². The minimum absolute atomic E-state index is 0.0271. The van der Waals surface area contributed by atoms with Crippen LogP contribution in [-0.2, 0) is 37.0 Å². The first kappa shape index (κ1) is 24.8. The molecule has 0 spiro atoms. The van der Waals surface area contributed by atoms with Crippen molar-refractivity contribution in [3.05, 3.63) is 65.7 Å². The summed E-state index contributed by atoms with van der Waals surface area (Å²) in [5.41, 5.74) is 0.947. The Labute approximate surface area is 197 Å². The fourth-order valence-electron chi connectivity index (χ4n) is 3.15. The number of carbonyl (C=O) groups excluding carboxylic acids is 4. The third-order valence-corrected chi connectivity index (χ3v) is 4.77. The molecule has 0 unspecified atom stereocenters. The zero-order chi connectivity index (χ0) is 24.7. The lowest BCUT2D eigenvalue weighted by molar-refractivity contribution is -0.198. The molecule has 1 saturated heterocycles. The molecular weight excluding hydrogens is 440 g/mol. The van der Waals surface area contributed by atoms with Gasteiger partial charge in [0.1, 0.15) is 24.0 Å². The minimum atomic E-state index is -1.19. The van der Waals surface area contributed by atoms with Crippen LogP contribution in [0.5, 0.6) is 5.75 Å². The van der Waals surface area contributed by atoms with Crippen molar-refractivity contribution in [3.63, 3.8) is 0 Å². The monoisotopic (exact) mass is 468 g/mol. The molecule has 34 heavy (non-hydrogen) atoms. The number of ether oxygens (including phenoxy) is 2. The molecule has 9 nitrogen and oxygen atoms in total. The zero-order valence-corrected chi connectivity index (χ0v) is 19.4. The van der Waals surface area contributed by atoms with Gasteiger partial charge >= 0.3 is 12.1 Å². The van der Waals surface area contributed by atoms with E-state index >= 15 is 0 Å². The highest BCUT2D eigenvalue weighted by Gasteiger charge is 2.36. The molecule has 1 heterocycles. The zero-order valence-electron chi connectivity index (χ0n) is 19.4. The summed E-state index contributed by atoms with van der Waals surface area (Å²) in [5, 5.41) is 2.92. The van der Waals surface area contributed by atoms with Crippen LogP contribution in [0.25, 0.3) is 0 Å². The predicted octanol–water partition coefficient (Wildman–Crippen LogP) is 3.31. The number of hydrogen-bond donors (Lipinski definition) is 1. The highest BCUT2D eigenvalue weighted by atomic mass is 16.7. The fourth-order valence-corrected chi connectivity index (χ4v) is 3.15. The molecule has 1 aliphatic heterocycles. The second-order valence-electron chi connectivity index (χ2n) is 8.81. The molecule has 3 amide bonds. The van der Waals surface area contributed by atoms with Crippen molar-refractivity contribution in [1.82, 2.24) is 10.4 Å². The van der Waals surface area contributed by atoms with Crippen LogP contribution in [0.4, 0.5) is 4.79 Å². The largest absolute Gasteiger partial charge is 0.489 e. The summed E-state index contributed by atoms with van der Waals surface area (Å²) in [4.78, 5) is 53.7. The van der Waals surface area contributed by atoms with E-state index in [2.05, 4.69) is 5.32 Å². The first-order valence-corrected chi connectivity index (χ1v) is 10.9. The third-order valence-electron chi connectivity index (χ3n) is 4.77. The van der Waals surface area contributed by atoms with Crippen molar-refractivity contribution in [3.8, 4) is 5.75 Å². The fraction of sp³-hybridized carbons (Fsp3) is 0.360. The SMILES string of the molecule is CC(C)(C)OC(=O)N[C@@H](Cc1ccc(OCc2ccccc2)cc1)C(=O)ON1C(=O)CCC1=O. The van der Waals surface area contributed by atoms with E-state index in [1.54, 1.807) is 45.0 Å².